The minimum absolute atomic E-state index is 0.850. The molecule has 2 nitrogen and oxygen atoms in total. The fraction of sp³-hybridized carbons (Fsp3) is 0.560. The Bertz CT molecular complexity index is 1830. The number of unbranched alkanes of at least 4 members (excludes halogenated alkanes) is 10. The molecule has 52 heavy (non-hydrogen) atoms. The van der Waals surface area contributed by atoms with Gasteiger partial charge in [0.15, 0.2) is 0 Å². The van der Waals surface area contributed by atoms with Crippen molar-refractivity contribution >= 4 is 54.1 Å². The molecule has 280 valence electrons. The summed E-state index contributed by atoms with van der Waals surface area (Å²) in [4.78, 5) is 0. The number of nitrogens with zero attached hydrogens (tertiary/aromatic N) is 2. The Hall–Kier alpha value is -3.26. The normalized spacial score (nSPS) is 13.4. The molecule has 0 N–H and O–H groups in total. The Morgan fingerprint density at radius 2 is 0.673 bits per heavy atom. The van der Waals surface area contributed by atoms with E-state index in [4.69, 9.17) is 0 Å². The first-order valence-electron chi connectivity index (χ1n) is 22.0. The maximum atomic E-state index is 2.53. The first kappa shape index (κ1) is 38.5. The van der Waals surface area contributed by atoms with E-state index in [1.165, 1.54) is 183 Å². The molecule has 0 spiro atoms. The summed E-state index contributed by atoms with van der Waals surface area (Å²) in [6.07, 6.45) is 32.2. The summed E-state index contributed by atoms with van der Waals surface area (Å²) in [6, 6.07) is 23.9. The predicted molar refractivity (Wildman–Crippen MR) is 232 cm³/mol. The molecule has 4 aromatic carbocycles. The third-order valence-electron chi connectivity index (χ3n) is 12.6. The van der Waals surface area contributed by atoms with E-state index in [-0.39, 0.29) is 0 Å². The highest BCUT2D eigenvalue weighted by Gasteiger charge is 2.15. The van der Waals surface area contributed by atoms with Crippen LogP contribution in [0.4, 0.5) is 0 Å². The number of aryl methyl sites for hydroxylation is 2. The van der Waals surface area contributed by atoms with Gasteiger partial charge in [-0.15, -0.1) is 0 Å². The lowest BCUT2D eigenvalue weighted by molar-refractivity contribution is 0.375. The first-order valence-corrected chi connectivity index (χ1v) is 22.0. The highest BCUT2D eigenvalue weighted by atomic mass is 15.0. The minimum Gasteiger partial charge on any atom is -0.347 e. The van der Waals surface area contributed by atoms with Gasteiger partial charge in [-0.05, 0) is 81.3 Å². The van der Waals surface area contributed by atoms with Crippen molar-refractivity contribution in [3.05, 3.63) is 73.1 Å². The summed E-state index contributed by atoms with van der Waals surface area (Å²) < 4.78 is 5.06. The van der Waals surface area contributed by atoms with Crippen LogP contribution in [0.15, 0.2) is 73.1 Å². The molecule has 0 amide bonds. The molecule has 0 fully saturated rings. The number of benzene rings is 4. The van der Waals surface area contributed by atoms with Gasteiger partial charge < -0.3 is 9.13 Å². The largest absolute Gasteiger partial charge is 0.347 e. The van der Waals surface area contributed by atoms with E-state index in [2.05, 4.69) is 110 Å². The second kappa shape index (κ2) is 19.7. The lowest BCUT2D eigenvalue weighted by Gasteiger charge is -2.17. The quantitative estimate of drug-likeness (QED) is 0.0440. The molecule has 2 heterocycles. The van der Waals surface area contributed by atoms with Crippen LogP contribution >= 0.6 is 0 Å². The van der Waals surface area contributed by atoms with Crippen LogP contribution < -0.4 is 0 Å². The second-order valence-electron chi connectivity index (χ2n) is 16.4. The fourth-order valence-corrected chi connectivity index (χ4v) is 9.54. The smallest absolute Gasteiger partial charge is 0.0486 e. The van der Waals surface area contributed by atoms with E-state index in [0.29, 0.717) is 0 Å². The van der Waals surface area contributed by atoms with Gasteiger partial charge in [-0.1, -0.05) is 180 Å². The van der Waals surface area contributed by atoms with Crippen LogP contribution in [-0.4, -0.2) is 9.13 Å². The molecule has 6 rings (SSSR count). The van der Waals surface area contributed by atoms with Crippen LogP contribution in [0.2, 0.25) is 0 Å². The van der Waals surface area contributed by atoms with Gasteiger partial charge in [-0.2, -0.15) is 0 Å². The number of hydrogen-bond donors (Lipinski definition) is 0. The summed E-state index contributed by atoms with van der Waals surface area (Å²) in [5.41, 5.74) is 2.78. The minimum atomic E-state index is 0.850. The van der Waals surface area contributed by atoms with Gasteiger partial charge in [0.1, 0.15) is 0 Å². The fourth-order valence-electron chi connectivity index (χ4n) is 9.54. The Balaban J connectivity index is 1.16. The maximum absolute atomic E-state index is 2.53. The van der Waals surface area contributed by atoms with Gasteiger partial charge in [-0.3, -0.25) is 0 Å². The molecule has 0 aliphatic carbocycles. The van der Waals surface area contributed by atoms with E-state index < -0.39 is 0 Å². The molecular formula is C50H70N2. The zero-order valence-electron chi connectivity index (χ0n) is 33.5. The van der Waals surface area contributed by atoms with Crippen LogP contribution in [0.3, 0.4) is 0 Å². The third-order valence-corrected chi connectivity index (χ3v) is 12.6. The van der Waals surface area contributed by atoms with Gasteiger partial charge >= 0.3 is 0 Å². The zero-order chi connectivity index (χ0) is 36.1. The molecule has 0 saturated heterocycles. The Kier molecular flexibility index (Phi) is 14.6. The van der Waals surface area contributed by atoms with Crippen LogP contribution in [0.5, 0.6) is 0 Å². The van der Waals surface area contributed by atoms with Gasteiger partial charge in [0, 0.05) is 47.3 Å². The average Bonchev–Trinajstić information content (AvgIpc) is 3.79. The molecule has 2 atom stereocenters. The number of hydrogen-bond acceptors (Lipinski definition) is 0. The molecule has 2 aromatic heterocycles. The standard InChI is InChI=1S/C50H70N2/c1-5-9-11-13-15-17-21-39(19-7-3)31-35-51-37-33-47-45-25-23-42-41(43(45)27-29-49(47)51)24-26-46-44(42)28-30-50-48(46)34-38-52(50)36-32-40(20-8-4)22-18-16-14-12-10-6-2/h23-30,33-34,37-40H,5-22,31-32,35-36H2,1-4H3. The second-order valence-corrected chi connectivity index (χ2v) is 16.4. The molecule has 0 saturated carbocycles. The SMILES string of the molecule is CCCCCCCCC(CCC)CCn1ccc2c3ccc4c(ccc5c4ccc4c5ccn4CCC(CCC)CCCCCCCC)c3ccc21. The summed E-state index contributed by atoms with van der Waals surface area (Å²) >= 11 is 0. The van der Waals surface area contributed by atoms with Gasteiger partial charge in [0.25, 0.3) is 0 Å². The van der Waals surface area contributed by atoms with Gasteiger partial charge in [0.2, 0.25) is 0 Å². The van der Waals surface area contributed by atoms with E-state index in [1.54, 1.807) is 0 Å². The molecule has 6 aromatic rings. The highest BCUT2D eigenvalue weighted by Crippen LogP contribution is 2.38. The van der Waals surface area contributed by atoms with Crippen molar-refractivity contribution in [2.45, 2.75) is 169 Å². The van der Waals surface area contributed by atoms with Crippen molar-refractivity contribution in [2.24, 2.45) is 11.8 Å². The van der Waals surface area contributed by atoms with Gasteiger partial charge in [-0.25, -0.2) is 0 Å². The van der Waals surface area contributed by atoms with Crippen LogP contribution in [-0.2, 0) is 13.1 Å². The average molecular weight is 699 g/mol. The third kappa shape index (κ3) is 9.26. The van der Waals surface area contributed by atoms with E-state index in [0.717, 1.165) is 24.9 Å². The van der Waals surface area contributed by atoms with Crippen molar-refractivity contribution < 1.29 is 0 Å². The predicted octanol–water partition coefficient (Wildman–Crippen LogP) is 16.2. The Morgan fingerprint density at radius 3 is 1.06 bits per heavy atom. The zero-order valence-corrected chi connectivity index (χ0v) is 33.5. The van der Waals surface area contributed by atoms with Gasteiger partial charge in [0.05, 0.1) is 0 Å². The lowest BCUT2D eigenvalue weighted by atomic mass is 9.93. The number of fused-ring (bicyclic) bond motifs is 9. The van der Waals surface area contributed by atoms with Crippen molar-refractivity contribution in [1.82, 2.24) is 9.13 Å². The summed E-state index contributed by atoms with van der Waals surface area (Å²) in [5, 5.41) is 11.1. The number of rotatable bonds is 24. The lowest BCUT2D eigenvalue weighted by Crippen LogP contribution is -2.06. The molecular weight excluding hydrogens is 629 g/mol. The molecule has 0 aliphatic heterocycles. The molecule has 0 bridgehead atoms. The Morgan fingerprint density at radius 1 is 0.327 bits per heavy atom. The van der Waals surface area contributed by atoms with E-state index >= 15 is 0 Å². The first-order chi connectivity index (χ1) is 25.7. The van der Waals surface area contributed by atoms with Crippen molar-refractivity contribution in [1.29, 1.82) is 0 Å². The van der Waals surface area contributed by atoms with Crippen LogP contribution in [0.25, 0.3) is 54.1 Å². The van der Waals surface area contributed by atoms with Crippen molar-refractivity contribution in [3.63, 3.8) is 0 Å². The van der Waals surface area contributed by atoms with E-state index in [1.807, 2.05) is 0 Å². The van der Waals surface area contributed by atoms with Crippen LogP contribution in [0.1, 0.15) is 156 Å². The van der Waals surface area contributed by atoms with Crippen molar-refractivity contribution in [3.8, 4) is 0 Å². The Labute approximate surface area is 316 Å². The topological polar surface area (TPSA) is 9.86 Å². The molecule has 0 radical (unpaired) electrons. The maximum Gasteiger partial charge on any atom is 0.0486 e. The number of aromatic nitrogens is 2. The van der Waals surface area contributed by atoms with E-state index in [9.17, 15) is 0 Å². The van der Waals surface area contributed by atoms with Crippen LogP contribution in [0, 0.1) is 11.8 Å². The van der Waals surface area contributed by atoms with Crippen molar-refractivity contribution in [2.75, 3.05) is 0 Å². The monoisotopic (exact) mass is 699 g/mol. The molecule has 2 heteroatoms. The molecule has 0 aliphatic rings. The summed E-state index contributed by atoms with van der Waals surface area (Å²) in [7, 11) is 0. The summed E-state index contributed by atoms with van der Waals surface area (Å²) in [5.74, 6) is 1.70. The summed E-state index contributed by atoms with van der Waals surface area (Å²) in [6.45, 7) is 11.6. The highest BCUT2D eigenvalue weighted by molar-refractivity contribution is 6.24. The molecule has 2 unspecified atom stereocenters.